The molecule has 0 amide bonds. The Hall–Kier alpha value is -2.07. The monoisotopic (exact) mass is 257 g/mol. The Morgan fingerprint density at radius 3 is 2.72 bits per heavy atom. The van der Waals surface area contributed by atoms with E-state index in [2.05, 4.69) is 4.98 Å². The van der Waals surface area contributed by atoms with Gasteiger partial charge in [-0.1, -0.05) is 23.5 Å². The van der Waals surface area contributed by atoms with Crippen molar-refractivity contribution in [2.45, 2.75) is 6.92 Å². The summed E-state index contributed by atoms with van der Waals surface area (Å²) in [5, 5.41) is 14.1. The number of thiazole rings is 1. The minimum atomic E-state index is 0.254. The van der Waals surface area contributed by atoms with E-state index in [-0.39, 0.29) is 5.75 Å². The number of aryl methyl sites for hydroxylation is 1. The number of benzene rings is 2. The number of hydrogen-bond acceptors (Lipinski definition) is 4. The molecule has 0 saturated carbocycles. The van der Waals surface area contributed by atoms with Crippen molar-refractivity contribution < 1.29 is 9.84 Å². The molecule has 3 aromatic rings. The number of nitrogens with zero attached hydrogens (tertiary/aromatic N) is 1. The van der Waals surface area contributed by atoms with Crippen LogP contribution in [0.1, 0.15) is 5.69 Å². The number of ether oxygens (including phenoxy) is 1. The van der Waals surface area contributed by atoms with Gasteiger partial charge < -0.3 is 9.84 Å². The van der Waals surface area contributed by atoms with E-state index in [1.54, 1.807) is 12.1 Å². The Labute approximate surface area is 108 Å². The van der Waals surface area contributed by atoms with Crippen LogP contribution in [0.25, 0.3) is 10.8 Å². The zero-order valence-electron chi connectivity index (χ0n) is 9.75. The maximum Gasteiger partial charge on any atom is 0.278 e. The van der Waals surface area contributed by atoms with Gasteiger partial charge in [0.1, 0.15) is 11.5 Å². The SMILES string of the molecule is Cc1csc(Oc2ccc3ccc(O)cc3c2)n1. The molecule has 0 aliphatic heterocycles. The number of phenolic OH excluding ortho intramolecular Hbond substituents is 1. The average molecular weight is 257 g/mol. The van der Waals surface area contributed by atoms with Gasteiger partial charge in [-0.25, -0.2) is 4.98 Å². The first-order valence-corrected chi connectivity index (χ1v) is 6.41. The van der Waals surface area contributed by atoms with Crippen molar-refractivity contribution >= 4 is 22.1 Å². The van der Waals surface area contributed by atoms with E-state index < -0.39 is 0 Å². The molecule has 0 spiro atoms. The zero-order valence-corrected chi connectivity index (χ0v) is 10.6. The van der Waals surface area contributed by atoms with Crippen molar-refractivity contribution in [1.29, 1.82) is 0 Å². The lowest BCUT2D eigenvalue weighted by Gasteiger charge is -2.04. The van der Waals surface area contributed by atoms with Gasteiger partial charge in [-0.15, -0.1) is 0 Å². The molecule has 0 aliphatic carbocycles. The van der Waals surface area contributed by atoms with Gasteiger partial charge in [0.2, 0.25) is 0 Å². The van der Waals surface area contributed by atoms with Crippen LogP contribution in [-0.4, -0.2) is 10.1 Å². The molecule has 0 fully saturated rings. The average Bonchev–Trinajstić information content (AvgIpc) is 2.74. The van der Waals surface area contributed by atoms with Crippen LogP contribution in [0.15, 0.2) is 41.8 Å². The van der Waals surface area contributed by atoms with Crippen LogP contribution in [0.5, 0.6) is 16.7 Å². The summed E-state index contributed by atoms with van der Waals surface area (Å²) in [6.07, 6.45) is 0. The molecule has 0 aliphatic rings. The van der Waals surface area contributed by atoms with Gasteiger partial charge in [0.05, 0.1) is 5.69 Å². The molecule has 3 nitrogen and oxygen atoms in total. The van der Waals surface area contributed by atoms with Crippen molar-refractivity contribution in [3.05, 3.63) is 47.5 Å². The van der Waals surface area contributed by atoms with Crippen molar-refractivity contribution in [2.24, 2.45) is 0 Å². The minimum absolute atomic E-state index is 0.254. The van der Waals surface area contributed by atoms with Gasteiger partial charge in [0.25, 0.3) is 5.19 Å². The van der Waals surface area contributed by atoms with Crippen molar-refractivity contribution in [3.63, 3.8) is 0 Å². The zero-order chi connectivity index (χ0) is 12.5. The second-order valence-corrected chi connectivity index (χ2v) is 4.87. The molecule has 0 bridgehead atoms. The van der Waals surface area contributed by atoms with Gasteiger partial charge in [-0.2, -0.15) is 0 Å². The van der Waals surface area contributed by atoms with Crippen molar-refractivity contribution in [1.82, 2.24) is 4.98 Å². The molecule has 4 heteroatoms. The molecule has 18 heavy (non-hydrogen) atoms. The summed E-state index contributed by atoms with van der Waals surface area (Å²) in [5.41, 5.74) is 0.952. The molecule has 3 rings (SSSR count). The number of aromatic hydroxyl groups is 1. The molecular weight excluding hydrogens is 246 g/mol. The highest BCUT2D eigenvalue weighted by Gasteiger charge is 2.03. The van der Waals surface area contributed by atoms with Crippen LogP contribution in [0.2, 0.25) is 0 Å². The predicted octanol–water partition coefficient (Wildman–Crippen LogP) is 4.10. The van der Waals surface area contributed by atoms with E-state index in [1.165, 1.54) is 11.3 Å². The quantitative estimate of drug-likeness (QED) is 0.751. The van der Waals surface area contributed by atoms with Crippen LogP contribution >= 0.6 is 11.3 Å². The third kappa shape index (κ3) is 2.15. The van der Waals surface area contributed by atoms with Gasteiger partial charge in [0, 0.05) is 5.38 Å². The van der Waals surface area contributed by atoms with Crippen LogP contribution in [0.3, 0.4) is 0 Å². The first-order valence-electron chi connectivity index (χ1n) is 5.53. The fourth-order valence-electron chi connectivity index (χ4n) is 1.76. The summed E-state index contributed by atoms with van der Waals surface area (Å²) in [5.74, 6) is 0.979. The molecule has 1 aromatic heterocycles. The molecule has 90 valence electrons. The highest BCUT2D eigenvalue weighted by Crippen LogP contribution is 2.29. The van der Waals surface area contributed by atoms with Gasteiger partial charge in [0.15, 0.2) is 0 Å². The highest BCUT2D eigenvalue weighted by atomic mass is 32.1. The highest BCUT2D eigenvalue weighted by molar-refractivity contribution is 7.11. The first kappa shape index (κ1) is 11.0. The molecule has 0 unspecified atom stereocenters. The molecule has 1 N–H and O–H groups in total. The predicted molar refractivity (Wildman–Crippen MR) is 72.5 cm³/mol. The lowest BCUT2D eigenvalue weighted by Crippen LogP contribution is -1.83. The largest absolute Gasteiger partial charge is 0.508 e. The van der Waals surface area contributed by atoms with Crippen LogP contribution in [0.4, 0.5) is 0 Å². The van der Waals surface area contributed by atoms with E-state index in [1.807, 2.05) is 36.6 Å². The molecule has 1 heterocycles. The number of rotatable bonds is 2. The maximum atomic E-state index is 9.46. The minimum Gasteiger partial charge on any atom is -0.508 e. The molecule has 0 atom stereocenters. The Balaban J connectivity index is 1.97. The second kappa shape index (κ2) is 4.31. The molecule has 0 radical (unpaired) electrons. The first-order chi connectivity index (χ1) is 8.70. The van der Waals surface area contributed by atoms with Crippen LogP contribution in [-0.2, 0) is 0 Å². The number of fused-ring (bicyclic) bond motifs is 1. The number of phenols is 1. The standard InChI is InChI=1S/C14H11NO2S/c1-9-8-18-14(15-9)17-13-5-3-10-2-4-12(16)6-11(10)7-13/h2-8,16H,1H3. The summed E-state index contributed by atoms with van der Waals surface area (Å²) in [4.78, 5) is 4.25. The molecular formula is C14H11NO2S. The number of aromatic nitrogens is 1. The van der Waals surface area contributed by atoms with E-state index in [0.29, 0.717) is 5.19 Å². The molecule has 0 saturated heterocycles. The summed E-state index contributed by atoms with van der Waals surface area (Å²) in [7, 11) is 0. The van der Waals surface area contributed by atoms with Gasteiger partial charge in [-0.05, 0) is 42.0 Å². The second-order valence-electron chi connectivity index (χ2n) is 4.05. The molecule has 2 aromatic carbocycles. The summed E-state index contributed by atoms with van der Waals surface area (Å²) >= 11 is 1.47. The van der Waals surface area contributed by atoms with E-state index in [9.17, 15) is 5.11 Å². The van der Waals surface area contributed by atoms with Crippen molar-refractivity contribution in [2.75, 3.05) is 0 Å². The maximum absolute atomic E-state index is 9.46. The fraction of sp³-hybridized carbons (Fsp3) is 0.0714. The van der Waals surface area contributed by atoms with Crippen LogP contribution < -0.4 is 4.74 Å². The Morgan fingerprint density at radius 2 is 1.94 bits per heavy atom. The lowest BCUT2D eigenvalue weighted by molar-refractivity contribution is 0.475. The summed E-state index contributed by atoms with van der Waals surface area (Å²) < 4.78 is 5.67. The summed E-state index contributed by atoms with van der Waals surface area (Å²) in [6.45, 7) is 1.93. The van der Waals surface area contributed by atoms with E-state index in [0.717, 1.165) is 22.2 Å². The normalized spacial score (nSPS) is 10.7. The third-order valence-corrected chi connectivity index (χ3v) is 3.43. The van der Waals surface area contributed by atoms with E-state index in [4.69, 9.17) is 4.74 Å². The fourth-order valence-corrected chi connectivity index (χ4v) is 2.42. The third-order valence-electron chi connectivity index (χ3n) is 2.60. The van der Waals surface area contributed by atoms with E-state index >= 15 is 0 Å². The summed E-state index contributed by atoms with van der Waals surface area (Å²) in [6, 6.07) is 11.0. The Bertz CT molecular complexity index is 706. The van der Waals surface area contributed by atoms with Crippen LogP contribution in [0, 0.1) is 6.92 Å². The van der Waals surface area contributed by atoms with Gasteiger partial charge in [-0.3, -0.25) is 0 Å². The topological polar surface area (TPSA) is 42.4 Å². The van der Waals surface area contributed by atoms with Gasteiger partial charge >= 0.3 is 0 Å². The smallest absolute Gasteiger partial charge is 0.278 e. The lowest BCUT2D eigenvalue weighted by atomic mass is 10.1. The van der Waals surface area contributed by atoms with Crippen molar-refractivity contribution in [3.8, 4) is 16.7 Å². The Morgan fingerprint density at radius 1 is 1.11 bits per heavy atom. The Kier molecular flexibility index (Phi) is 2.64. The number of hydrogen-bond donors (Lipinski definition) is 1.